The second kappa shape index (κ2) is 5.30. The number of aliphatic hydroxyl groups is 1. The fraction of sp³-hybridized carbons (Fsp3) is 0.538. The Morgan fingerprint density at radius 1 is 1.58 bits per heavy atom. The van der Waals surface area contributed by atoms with Gasteiger partial charge in [0.05, 0.1) is 46.7 Å². The number of fused-ring (bicyclic) bond motifs is 1. The number of thiazole rings is 1. The van der Waals surface area contributed by atoms with Crippen LogP contribution in [0, 0.1) is 6.92 Å². The lowest BCUT2D eigenvalue weighted by atomic mass is 9.98. The van der Waals surface area contributed by atoms with Crippen molar-refractivity contribution in [3.05, 3.63) is 28.0 Å². The van der Waals surface area contributed by atoms with Gasteiger partial charge in [0.15, 0.2) is 0 Å². The minimum atomic E-state index is 0.114. The number of aryl methyl sites for hydroxylation is 2. The van der Waals surface area contributed by atoms with E-state index in [1.54, 1.807) is 16.0 Å². The van der Waals surface area contributed by atoms with Crippen LogP contribution in [0.25, 0.3) is 0 Å². The molecular formula is C13H18N4OS. The normalized spacial score (nSPS) is 18.3. The third-order valence-corrected chi connectivity index (χ3v) is 4.49. The second-order valence-electron chi connectivity index (χ2n) is 4.85. The maximum absolute atomic E-state index is 8.90. The summed E-state index contributed by atoms with van der Waals surface area (Å²) in [5.41, 5.74) is 2.27. The predicted molar refractivity (Wildman–Crippen MR) is 75.5 cm³/mol. The predicted octanol–water partition coefficient (Wildman–Crippen LogP) is 2.13. The van der Waals surface area contributed by atoms with E-state index in [0.717, 1.165) is 23.5 Å². The summed E-state index contributed by atoms with van der Waals surface area (Å²) < 4.78 is 1.75. The van der Waals surface area contributed by atoms with Crippen LogP contribution in [0.3, 0.4) is 0 Å². The SMILES string of the molecule is Cc1nc2c(s1)C(Nc1cnn(CCO)c1)CCC2. The van der Waals surface area contributed by atoms with Crippen LogP contribution in [0.4, 0.5) is 5.69 Å². The van der Waals surface area contributed by atoms with Gasteiger partial charge in [0.2, 0.25) is 0 Å². The highest BCUT2D eigenvalue weighted by Crippen LogP contribution is 2.36. The molecule has 2 aromatic rings. The molecule has 6 heteroatoms. The summed E-state index contributed by atoms with van der Waals surface area (Å²) in [7, 11) is 0. The second-order valence-corrected chi connectivity index (χ2v) is 6.08. The molecule has 0 spiro atoms. The van der Waals surface area contributed by atoms with Crippen molar-refractivity contribution in [2.45, 2.75) is 38.8 Å². The highest BCUT2D eigenvalue weighted by atomic mass is 32.1. The molecular weight excluding hydrogens is 260 g/mol. The first-order valence-corrected chi connectivity index (χ1v) is 7.44. The van der Waals surface area contributed by atoms with Crippen LogP contribution >= 0.6 is 11.3 Å². The summed E-state index contributed by atoms with van der Waals surface area (Å²) in [5.74, 6) is 0. The van der Waals surface area contributed by atoms with Crippen molar-refractivity contribution in [1.29, 1.82) is 0 Å². The quantitative estimate of drug-likeness (QED) is 0.899. The Balaban J connectivity index is 1.76. The molecule has 2 aromatic heterocycles. The average Bonchev–Trinajstić information content (AvgIpc) is 2.96. The molecule has 102 valence electrons. The first-order chi connectivity index (χ1) is 9.26. The van der Waals surface area contributed by atoms with E-state index in [0.29, 0.717) is 12.6 Å². The van der Waals surface area contributed by atoms with Gasteiger partial charge in [-0.25, -0.2) is 4.98 Å². The molecule has 0 saturated carbocycles. The Morgan fingerprint density at radius 3 is 3.32 bits per heavy atom. The highest BCUT2D eigenvalue weighted by molar-refractivity contribution is 7.11. The number of rotatable bonds is 4. The third kappa shape index (κ3) is 2.64. The molecule has 1 aliphatic carbocycles. The Bertz CT molecular complexity index is 563. The molecule has 3 rings (SSSR count). The van der Waals surface area contributed by atoms with Gasteiger partial charge < -0.3 is 10.4 Å². The van der Waals surface area contributed by atoms with E-state index in [9.17, 15) is 0 Å². The fourth-order valence-electron chi connectivity index (χ4n) is 2.54. The van der Waals surface area contributed by atoms with E-state index in [1.807, 2.05) is 12.4 Å². The Labute approximate surface area is 116 Å². The van der Waals surface area contributed by atoms with Crippen LogP contribution in [0.2, 0.25) is 0 Å². The van der Waals surface area contributed by atoms with Crippen molar-refractivity contribution in [3.8, 4) is 0 Å². The molecule has 0 fully saturated rings. The topological polar surface area (TPSA) is 63.0 Å². The first kappa shape index (κ1) is 12.6. The van der Waals surface area contributed by atoms with Crippen molar-refractivity contribution in [1.82, 2.24) is 14.8 Å². The highest BCUT2D eigenvalue weighted by Gasteiger charge is 2.23. The minimum absolute atomic E-state index is 0.114. The Morgan fingerprint density at radius 2 is 2.47 bits per heavy atom. The van der Waals surface area contributed by atoms with Gasteiger partial charge in [-0.15, -0.1) is 11.3 Å². The van der Waals surface area contributed by atoms with Gasteiger partial charge in [0.1, 0.15) is 0 Å². The fourth-order valence-corrected chi connectivity index (χ4v) is 3.60. The monoisotopic (exact) mass is 278 g/mol. The zero-order valence-electron chi connectivity index (χ0n) is 11.0. The summed E-state index contributed by atoms with van der Waals surface area (Å²) >= 11 is 1.79. The van der Waals surface area contributed by atoms with Crippen LogP contribution in [-0.2, 0) is 13.0 Å². The largest absolute Gasteiger partial charge is 0.394 e. The van der Waals surface area contributed by atoms with Crippen LogP contribution in [0.5, 0.6) is 0 Å². The molecule has 0 radical (unpaired) electrons. The van der Waals surface area contributed by atoms with Crippen molar-refractivity contribution >= 4 is 17.0 Å². The molecule has 1 atom stereocenters. The lowest BCUT2D eigenvalue weighted by Gasteiger charge is -2.22. The number of aliphatic hydroxyl groups excluding tert-OH is 1. The molecule has 5 nitrogen and oxygen atoms in total. The van der Waals surface area contributed by atoms with Gasteiger partial charge in [-0.1, -0.05) is 0 Å². The standard InChI is InChI=1S/C13H18N4OS/c1-9-15-11-3-2-4-12(13(11)19-9)16-10-7-14-17(8-10)5-6-18/h7-8,12,16,18H,2-6H2,1H3. The molecule has 0 amide bonds. The zero-order valence-corrected chi connectivity index (χ0v) is 11.8. The van der Waals surface area contributed by atoms with Gasteiger partial charge in [0, 0.05) is 6.20 Å². The summed E-state index contributed by atoms with van der Waals surface area (Å²) in [5, 5.41) is 17.8. The molecule has 1 aliphatic rings. The molecule has 1 unspecified atom stereocenters. The number of nitrogens with zero attached hydrogens (tertiary/aromatic N) is 3. The molecule has 0 aliphatic heterocycles. The zero-order chi connectivity index (χ0) is 13.2. The number of hydrogen-bond acceptors (Lipinski definition) is 5. The van der Waals surface area contributed by atoms with Gasteiger partial charge >= 0.3 is 0 Å². The number of hydrogen-bond donors (Lipinski definition) is 2. The first-order valence-electron chi connectivity index (χ1n) is 6.62. The number of anilines is 1. The van der Waals surface area contributed by atoms with Gasteiger partial charge in [-0.05, 0) is 26.2 Å². The van der Waals surface area contributed by atoms with Crippen molar-refractivity contribution in [2.24, 2.45) is 0 Å². The lowest BCUT2D eigenvalue weighted by Crippen LogP contribution is -2.15. The van der Waals surface area contributed by atoms with E-state index in [1.165, 1.54) is 17.0 Å². The van der Waals surface area contributed by atoms with Gasteiger partial charge in [-0.3, -0.25) is 4.68 Å². The smallest absolute Gasteiger partial charge is 0.0900 e. The molecule has 0 bridgehead atoms. The van der Waals surface area contributed by atoms with Crippen LogP contribution in [-0.4, -0.2) is 26.5 Å². The summed E-state index contributed by atoms with van der Waals surface area (Å²) in [4.78, 5) is 5.98. The summed E-state index contributed by atoms with van der Waals surface area (Å²) in [6, 6.07) is 0.349. The average molecular weight is 278 g/mol. The van der Waals surface area contributed by atoms with E-state index in [-0.39, 0.29) is 6.61 Å². The van der Waals surface area contributed by atoms with E-state index in [4.69, 9.17) is 5.11 Å². The maximum atomic E-state index is 8.90. The van der Waals surface area contributed by atoms with Crippen LogP contribution in [0.1, 0.15) is 34.5 Å². The lowest BCUT2D eigenvalue weighted by molar-refractivity contribution is 0.269. The molecule has 2 heterocycles. The van der Waals surface area contributed by atoms with Gasteiger partial charge in [-0.2, -0.15) is 5.10 Å². The van der Waals surface area contributed by atoms with E-state index >= 15 is 0 Å². The molecule has 0 aromatic carbocycles. The molecule has 0 saturated heterocycles. The maximum Gasteiger partial charge on any atom is 0.0900 e. The molecule has 2 N–H and O–H groups in total. The minimum Gasteiger partial charge on any atom is -0.394 e. The number of nitrogens with one attached hydrogen (secondary N) is 1. The summed E-state index contributed by atoms with van der Waals surface area (Å²) in [6.07, 6.45) is 7.18. The Hall–Kier alpha value is -1.40. The van der Waals surface area contributed by atoms with Crippen LogP contribution in [0.15, 0.2) is 12.4 Å². The van der Waals surface area contributed by atoms with Crippen molar-refractivity contribution in [3.63, 3.8) is 0 Å². The molecule has 19 heavy (non-hydrogen) atoms. The summed E-state index contributed by atoms with van der Waals surface area (Å²) in [6.45, 7) is 2.72. The van der Waals surface area contributed by atoms with E-state index in [2.05, 4.69) is 22.3 Å². The van der Waals surface area contributed by atoms with Gasteiger partial charge in [0.25, 0.3) is 0 Å². The van der Waals surface area contributed by atoms with Crippen LogP contribution < -0.4 is 5.32 Å². The van der Waals surface area contributed by atoms with E-state index < -0.39 is 0 Å². The number of aromatic nitrogens is 3. The third-order valence-electron chi connectivity index (χ3n) is 3.36. The Kier molecular flexibility index (Phi) is 3.52. The van der Waals surface area contributed by atoms with Crippen molar-refractivity contribution in [2.75, 3.05) is 11.9 Å². The van der Waals surface area contributed by atoms with Crippen molar-refractivity contribution < 1.29 is 5.11 Å².